The van der Waals surface area contributed by atoms with Crippen LogP contribution in [0.3, 0.4) is 0 Å². The van der Waals surface area contributed by atoms with Crippen molar-refractivity contribution in [3.63, 3.8) is 0 Å². The highest BCUT2D eigenvalue weighted by Crippen LogP contribution is 2.41. The molecule has 1 aliphatic rings. The lowest BCUT2D eigenvalue weighted by Gasteiger charge is -2.37. The van der Waals surface area contributed by atoms with Gasteiger partial charge >= 0.3 is 6.18 Å². The van der Waals surface area contributed by atoms with Crippen molar-refractivity contribution in [1.29, 1.82) is 5.26 Å². The van der Waals surface area contributed by atoms with Crippen LogP contribution in [0.1, 0.15) is 39.5 Å². The summed E-state index contributed by atoms with van der Waals surface area (Å²) in [5, 5.41) is 12.2. The quantitative estimate of drug-likeness (QED) is 0.797. The molecule has 0 radical (unpaired) electrons. The van der Waals surface area contributed by atoms with E-state index in [1.807, 2.05) is 13.8 Å². The second-order valence-electron chi connectivity index (χ2n) is 4.81. The van der Waals surface area contributed by atoms with Crippen molar-refractivity contribution < 1.29 is 13.2 Å². The van der Waals surface area contributed by atoms with E-state index in [0.29, 0.717) is 0 Å². The number of halogens is 3. The van der Waals surface area contributed by atoms with Crippen LogP contribution in [0, 0.1) is 17.2 Å². The van der Waals surface area contributed by atoms with Gasteiger partial charge in [0.05, 0.1) is 12.0 Å². The van der Waals surface area contributed by atoms with Crippen molar-refractivity contribution >= 4 is 0 Å². The molecule has 1 N–H and O–H groups in total. The van der Waals surface area contributed by atoms with Crippen molar-refractivity contribution in [2.24, 2.45) is 5.92 Å². The standard InChI is InChI=1S/C11H17F3N2/c1-8(2)16-10(7-15)5-3-9(4-6-10)11(12,13)14/h8-9,16H,3-6H2,1-2H3. The molecule has 0 aromatic rings. The van der Waals surface area contributed by atoms with Crippen LogP contribution in [0.25, 0.3) is 0 Å². The summed E-state index contributed by atoms with van der Waals surface area (Å²) in [4.78, 5) is 0. The van der Waals surface area contributed by atoms with Crippen molar-refractivity contribution in [3.8, 4) is 6.07 Å². The zero-order valence-electron chi connectivity index (χ0n) is 9.56. The normalized spacial score (nSPS) is 31.4. The fraction of sp³-hybridized carbons (Fsp3) is 0.909. The molecule has 0 aromatic carbocycles. The van der Waals surface area contributed by atoms with E-state index >= 15 is 0 Å². The molecule has 0 heterocycles. The minimum absolute atomic E-state index is 0.0524. The highest BCUT2D eigenvalue weighted by molar-refractivity contribution is 5.10. The Balaban J connectivity index is 2.62. The van der Waals surface area contributed by atoms with E-state index in [9.17, 15) is 13.2 Å². The molecule has 92 valence electrons. The van der Waals surface area contributed by atoms with Gasteiger partial charge in [-0.2, -0.15) is 18.4 Å². The Morgan fingerprint density at radius 1 is 1.31 bits per heavy atom. The van der Waals surface area contributed by atoms with E-state index in [0.717, 1.165) is 0 Å². The Labute approximate surface area is 93.8 Å². The molecule has 1 aliphatic carbocycles. The van der Waals surface area contributed by atoms with Crippen LogP contribution in [-0.2, 0) is 0 Å². The summed E-state index contributed by atoms with van der Waals surface area (Å²) < 4.78 is 37.4. The summed E-state index contributed by atoms with van der Waals surface area (Å²) in [6.07, 6.45) is -3.44. The zero-order valence-corrected chi connectivity index (χ0v) is 9.56. The molecule has 0 aliphatic heterocycles. The van der Waals surface area contributed by atoms with Gasteiger partial charge in [0.2, 0.25) is 0 Å². The minimum Gasteiger partial charge on any atom is -0.297 e. The Kier molecular flexibility index (Phi) is 3.84. The van der Waals surface area contributed by atoms with Crippen LogP contribution in [-0.4, -0.2) is 17.8 Å². The lowest BCUT2D eigenvalue weighted by molar-refractivity contribution is -0.184. The number of nitrogens with zero attached hydrogens (tertiary/aromatic N) is 1. The maximum absolute atomic E-state index is 12.5. The van der Waals surface area contributed by atoms with Gasteiger partial charge in [-0.15, -0.1) is 0 Å². The first-order valence-electron chi connectivity index (χ1n) is 5.55. The number of rotatable bonds is 2. The fourth-order valence-electron chi connectivity index (χ4n) is 2.28. The van der Waals surface area contributed by atoms with E-state index in [1.165, 1.54) is 0 Å². The smallest absolute Gasteiger partial charge is 0.297 e. The first-order chi connectivity index (χ1) is 7.29. The molecule has 1 rings (SSSR count). The van der Waals surface area contributed by atoms with Crippen molar-refractivity contribution in [1.82, 2.24) is 5.32 Å². The van der Waals surface area contributed by atoms with E-state index in [2.05, 4.69) is 11.4 Å². The zero-order chi connectivity index (χ0) is 12.4. The highest BCUT2D eigenvalue weighted by Gasteiger charge is 2.46. The van der Waals surface area contributed by atoms with Crippen LogP contribution < -0.4 is 5.32 Å². The lowest BCUT2D eigenvalue weighted by atomic mass is 9.76. The highest BCUT2D eigenvalue weighted by atomic mass is 19.4. The van der Waals surface area contributed by atoms with E-state index in [4.69, 9.17) is 5.26 Å². The van der Waals surface area contributed by atoms with Crippen molar-refractivity contribution in [2.75, 3.05) is 0 Å². The Bertz CT molecular complexity index is 270. The van der Waals surface area contributed by atoms with Gasteiger partial charge in [0.15, 0.2) is 0 Å². The van der Waals surface area contributed by atoms with Crippen LogP contribution >= 0.6 is 0 Å². The molecule has 0 amide bonds. The Hall–Kier alpha value is -0.760. The predicted molar refractivity (Wildman–Crippen MR) is 54.6 cm³/mol. The van der Waals surface area contributed by atoms with Gasteiger partial charge < -0.3 is 0 Å². The molecule has 0 spiro atoms. The van der Waals surface area contributed by atoms with E-state index in [1.54, 1.807) is 0 Å². The summed E-state index contributed by atoms with van der Waals surface area (Å²) >= 11 is 0. The third-order valence-electron chi connectivity index (χ3n) is 3.08. The molecular formula is C11H17F3N2. The summed E-state index contributed by atoms with van der Waals surface area (Å²) in [6.45, 7) is 3.80. The molecule has 1 saturated carbocycles. The third-order valence-corrected chi connectivity index (χ3v) is 3.08. The largest absolute Gasteiger partial charge is 0.391 e. The van der Waals surface area contributed by atoms with E-state index < -0.39 is 17.6 Å². The molecule has 2 nitrogen and oxygen atoms in total. The first kappa shape index (κ1) is 13.3. The molecule has 0 saturated heterocycles. The molecule has 16 heavy (non-hydrogen) atoms. The summed E-state index contributed by atoms with van der Waals surface area (Å²) in [7, 11) is 0. The fourth-order valence-corrected chi connectivity index (χ4v) is 2.28. The monoisotopic (exact) mass is 234 g/mol. The lowest BCUT2D eigenvalue weighted by Crippen LogP contribution is -2.50. The summed E-state index contributed by atoms with van der Waals surface area (Å²) in [5.74, 6) is -1.23. The number of hydrogen-bond donors (Lipinski definition) is 1. The molecular weight excluding hydrogens is 217 g/mol. The average Bonchev–Trinajstić information content (AvgIpc) is 2.16. The number of alkyl halides is 3. The number of nitrogens with one attached hydrogen (secondary N) is 1. The molecule has 0 unspecified atom stereocenters. The van der Waals surface area contributed by atoms with Gasteiger partial charge in [0.1, 0.15) is 5.54 Å². The van der Waals surface area contributed by atoms with Crippen molar-refractivity contribution in [2.45, 2.75) is 57.3 Å². The minimum atomic E-state index is -4.11. The van der Waals surface area contributed by atoms with E-state index in [-0.39, 0.29) is 31.7 Å². The predicted octanol–water partition coefficient (Wildman–Crippen LogP) is 3.00. The van der Waals surface area contributed by atoms with Crippen LogP contribution in [0.5, 0.6) is 0 Å². The van der Waals surface area contributed by atoms with Gasteiger partial charge in [0.25, 0.3) is 0 Å². The number of nitriles is 1. The SMILES string of the molecule is CC(C)NC1(C#N)CCC(C(F)(F)F)CC1. The van der Waals surface area contributed by atoms with Gasteiger partial charge in [-0.1, -0.05) is 0 Å². The first-order valence-corrected chi connectivity index (χ1v) is 5.55. The second kappa shape index (κ2) is 4.62. The van der Waals surface area contributed by atoms with Crippen molar-refractivity contribution in [3.05, 3.63) is 0 Å². The molecule has 0 atom stereocenters. The second-order valence-corrected chi connectivity index (χ2v) is 4.81. The van der Waals surface area contributed by atoms with Gasteiger partial charge in [-0.05, 0) is 39.5 Å². The summed E-state index contributed by atoms with van der Waals surface area (Å²) in [5.41, 5.74) is -0.754. The number of hydrogen-bond acceptors (Lipinski definition) is 2. The maximum atomic E-state index is 12.5. The topological polar surface area (TPSA) is 35.8 Å². The third kappa shape index (κ3) is 3.11. The Morgan fingerprint density at radius 2 is 1.81 bits per heavy atom. The summed E-state index contributed by atoms with van der Waals surface area (Å²) in [6, 6.07) is 2.26. The van der Waals surface area contributed by atoms with Gasteiger partial charge in [-0.3, -0.25) is 5.32 Å². The maximum Gasteiger partial charge on any atom is 0.391 e. The molecule has 5 heteroatoms. The van der Waals surface area contributed by atoms with Crippen LogP contribution in [0.4, 0.5) is 13.2 Å². The molecule has 0 aromatic heterocycles. The average molecular weight is 234 g/mol. The Morgan fingerprint density at radius 3 is 2.12 bits per heavy atom. The van der Waals surface area contributed by atoms with Gasteiger partial charge in [0, 0.05) is 6.04 Å². The van der Waals surface area contributed by atoms with Crippen LogP contribution in [0.2, 0.25) is 0 Å². The van der Waals surface area contributed by atoms with Crippen LogP contribution in [0.15, 0.2) is 0 Å². The molecule has 0 bridgehead atoms. The van der Waals surface area contributed by atoms with Gasteiger partial charge in [-0.25, -0.2) is 0 Å². The molecule has 1 fully saturated rings.